The van der Waals surface area contributed by atoms with Crippen molar-refractivity contribution in [2.45, 2.75) is 75.7 Å². The number of nitrogens with two attached hydrogens (primary N) is 2. The molecule has 0 aromatic carbocycles. The first kappa shape index (κ1) is 30.7. The lowest BCUT2D eigenvalue weighted by atomic mass is 10.1. The van der Waals surface area contributed by atoms with Gasteiger partial charge in [-0.1, -0.05) is 0 Å². The first-order chi connectivity index (χ1) is 15.8. The summed E-state index contributed by atoms with van der Waals surface area (Å²) in [7, 11) is 0. The molecule has 0 aliphatic rings. The van der Waals surface area contributed by atoms with Gasteiger partial charge in [0, 0.05) is 6.42 Å². The first-order valence-corrected chi connectivity index (χ1v) is 10.5. The Morgan fingerprint density at radius 1 is 0.765 bits per heavy atom. The Labute approximate surface area is 195 Å². The van der Waals surface area contributed by atoms with Gasteiger partial charge in [-0.2, -0.15) is 0 Å². The molecular formula is C19H33N5O10. The molecule has 15 nitrogen and oxygen atoms in total. The summed E-state index contributed by atoms with van der Waals surface area (Å²) in [6.45, 7) is 1.52. The Morgan fingerprint density at radius 2 is 1.29 bits per heavy atom. The van der Waals surface area contributed by atoms with Gasteiger partial charge in [0.15, 0.2) is 0 Å². The molecule has 11 N–H and O–H groups in total. The SMILES string of the molecule is CC(O)C(N)C(=O)NC(CC(=O)O)C(=O)NC(CCC(=O)O)C(=O)NC(CCCCN)C(=O)O. The minimum Gasteiger partial charge on any atom is -0.481 e. The van der Waals surface area contributed by atoms with Crippen molar-refractivity contribution in [2.75, 3.05) is 6.54 Å². The largest absolute Gasteiger partial charge is 0.481 e. The van der Waals surface area contributed by atoms with Crippen LogP contribution in [0.25, 0.3) is 0 Å². The molecule has 0 aliphatic heterocycles. The quantitative estimate of drug-likeness (QED) is 0.0905. The number of rotatable bonds is 17. The molecule has 0 saturated heterocycles. The Bertz CT molecular complexity index is 745. The molecule has 3 amide bonds. The maximum atomic E-state index is 12.6. The number of aliphatic hydroxyl groups is 1. The molecular weight excluding hydrogens is 458 g/mol. The van der Waals surface area contributed by atoms with Crippen molar-refractivity contribution in [2.24, 2.45) is 11.5 Å². The van der Waals surface area contributed by atoms with Gasteiger partial charge in [0.05, 0.1) is 12.5 Å². The van der Waals surface area contributed by atoms with Gasteiger partial charge in [0.25, 0.3) is 0 Å². The summed E-state index contributed by atoms with van der Waals surface area (Å²) in [5.41, 5.74) is 10.8. The molecule has 0 rings (SSSR count). The molecule has 0 bridgehead atoms. The summed E-state index contributed by atoms with van der Waals surface area (Å²) in [5, 5.41) is 43.1. The van der Waals surface area contributed by atoms with E-state index in [0.717, 1.165) is 0 Å². The highest BCUT2D eigenvalue weighted by Crippen LogP contribution is 2.06. The van der Waals surface area contributed by atoms with Crippen LogP contribution in [0.2, 0.25) is 0 Å². The maximum absolute atomic E-state index is 12.6. The van der Waals surface area contributed by atoms with Crippen LogP contribution in [0.15, 0.2) is 0 Å². The van der Waals surface area contributed by atoms with E-state index in [1.807, 2.05) is 0 Å². The van der Waals surface area contributed by atoms with Gasteiger partial charge >= 0.3 is 17.9 Å². The lowest BCUT2D eigenvalue weighted by molar-refractivity contribution is -0.144. The number of aliphatic carboxylic acids is 3. The summed E-state index contributed by atoms with van der Waals surface area (Å²) in [4.78, 5) is 70.9. The fourth-order valence-corrected chi connectivity index (χ4v) is 2.70. The van der Waals surface area contributed by atoms with Crippen molar-refractivity contribution in [3.05, 3.63) is 0 Å². The number of hydrogen-bond acceptors (Lipinski definition) is 9. The van der Waals surface area contributed by atoms with Crippen LogP contribution in [0.3, 0.4) is 0 Å². The average molecular weight is 491 g/mol. The van der Waals surface area contributed by atoms with Crippen molar-refractivity contribution in [1.29, 1.82) is 0 Å². The molecule has 5 atom stereocenters. The van der Waals surface area contributed by atoms with E-state index in [1.165, 1.54) is 6.92 Å². The molecule has 15 heteroatoms. The predicted molar refractivity (Wildman–Crippen MR) is 115 cm³/mol. The fourth-order valence-electron chi connectivity index (χ4n) is 2.70. The van der Waals surface area contributed by atoms with Crippen molar-refractivity contribution in [1.82, 2.24) is 16.0 Å². The number of carboxylic acid groups (broad SMARTS) is 3. The number of carboxylic acids is 3. The lowest BCUT2D eigenvalue weighted by Crippen LogP contribution is -2.58. The highest BCUT2D eigenvalue weighted by atomic mass is 16.4. The summed E-state index contributed by atoms with van der Waals surface area (Å²) >= 11 is 0. The zero-order valence-electron chi connectivity index (χ0n) is 18.7. The van der Waals surface area contributed by atoms with E-state index in [-0.39, 0.29) is 6.42 Å². The monoisotopic (exact) mass is 491 g/mol. The maximum Gasteiger partial charge on any atom is 0.326 e. The van der Waals surface area contributed by atoms with E-state index in [0.29, 0.717) is 19.4 Å². The standard InChI is InChI=1S/C19H33N5O10/c1-9(25)15(21)18(32)24-12(8-14(28)29)17(31)22-10(5-6-13(26)27)16(30)23-11(19(33)34)4-2-3-7-20/h9-12,15,25H,2-8,20-21H2,1H3,(H,22,31)(H,23,30)(H,24,32)(H,26,27)(H,28,29)(H,33,34). The second kappa shape index (κ2) is 15.5. The topological polar surface area (TPSA) is 271 Å². The number of hydrogen-bond donors (Lipinski definition) is 9. The molecule has 34 heavy (non-hydrogen) atoms. The molecule has 0 spiro atoms. The van der Waals surface area contributed by atoms with Crippen LogP contribution in [0.4, 0.5) is 0 Å². The Kier molecular flexibility index (Phi) is 14.0. The number of carbonyl (C=O) groups excluding carboxylic acids is 3. The third-order valence-corrected chi connectivity index (χ3v) is 4.68. The minimum atomic E-state index is -1.71. The number of carbonyl (C=O) groups is 6. The van der Waals surface area contributed by atoms with Gasteiger partial charge in [-0.05, 0) is 39.2 Å². The molecule has 0 radical (unpaired) electrons. The molecule has 0 saturated carbocycles. The van der Waals surface area contributed by atoms with Gasteiger partial charge in [-0.25, -0.2) is 4.79 Å². The number of unbranched alkanes of at least 4 members (excludes halogenated alkanes) is 1. The van der Waals surface area contributed by atoms with Gasteiger partial charge in [-0.3, -0.25) is 24.0 Å². The van der Waals surface area contributed by atoms with E-state index >= 15 is 0 Å². The van der Waals surface area contributed by atoms with Crippen LogP contribution >= 0.6 is 0 Å². The van der Waals surface area contributed by atoms with E-state index < -0.39 is 85.2 Å². The predicted octanol–water partition coefficient (Wildman–Crippen LogP) is -3.30. The molecule has 0 heterocycles. The van der Waals surface area contributed by atoms with Crippen LogP contribution < -0.4 is 27.4 Å². The van der Waals surface area contributed by atoms with Crippen molar-refractivity contribution in [3.63, 3.8) is 0 Å². The Balaban J connectivity index is 5.55. The Hall–Kier alpha value is -3.30. The molecule has 0 fully saturated rings. The fraction of sp³-hybridized carbons (Fsp3) is 0.684. The molecule has 0 aromatic rings. The van der Waals surface area contributed by atoms with Gasteiger partial charge in [-0.15, -0.1) is 0 Å². The van der Waals surface area contributed by atoms with Crippen molar-refractivity contribution < 1.29 is 49.2 Å². The van der Waals surface area contributed by atoms with E-state index in [2.05, 4.69) is 16.0 Å². The lowest BCUT2D eigenvalue weighted by Gasteiger charge is -2.24. The molecule has 0 aliphatic carbocycles. The summed E-state index contributed by atoms with van der Waals surface area (Å²) < 4.78 is 0. The van der Waals surface area contributed by atoms with Crippen LogP contribution in [0, 0.1) is 0 Å². The van der Waals surface area contributed by atoms with E-state index in [9.17, 15) is 39.0 Å². The summed E-state index contributed by atoms with van der Waals surface area (Å²) in [6.07, 6.45) is -2.31. The van der Waals surface area contributed by atoms with E-state index in [4.69, 9.17) is 21.7 Å². The minimum absolute atomic E-state index is 0.0345. The Morgan fingerprint density at radius 3 is 1.76 bits per heavy atom. The number of nitrogens with one attached hydrogen (secondary N) is 3. The van der Waals surface area contributed by atoms with E-state index in [1.54, 1.807) is 0 Å². The third-order valence-electron chi connectivity index (χ3n) is 4.68. The molecule has 194 valence electrons. The number of amides is 3. The van der Waals surface area contributed by atoms with Crippen LogP contribution in [-0.2, 0) is 28.8 Å². The third kappa shape index (κ3) is 12.1. The van der Waals surface area contributed by atoms with Crippen LogP contribution in [0.5, 0.6) is 0 Å². The second-order valence-corrected chi connectivity index (χ2v) is 7.60. The van der Waals surface area contributed by atoms with Gasteiger partial charge in [0.2, 0.25) is 17.7 Å². The summed E-state index contributed by atoms with van der Waals surface area (Å²) in [6, 6.07) is -6.06. The zero-order chi connectivity index (χ0) is 26.4. The normalized spacial score (nSPS) is 15.2. The molecule has 5 unspecified atom stereocenters. The molecule has 0 aromatic heterocycles. The first-order valence-electron chi connectivity index (χ1n) is 10.5. The van der Waals surface area contributed by atoms with Crippen molar-refractivity contribution in [3.8, 4) is 0 Å². The van der Waals surface area contributed by atoms with Crippen molar-refractivity contribution >= 4 is 35.6 Å². The zero-order valence-corrected chi connectivity index (χ0v) is 18.7. The second-order valence-electron chi connectivity index (χ2n) is 7.60. The van der Waals surface area contributed by atoms with Gasteiger partial charge < -0.3 is 47.8 Å². The number of aliphatic hydroxyl groups excluding tert-OH is 1. The summed E-state index contributed by atoms with van der Waals surface area (Å²) in [5.74, 6) is -7.32. The highest BCUT2D eigenvalue weighted by Gasteiger charge is 2.32. The van der Waals surface area contributed by atoms with Crippen LogP contribution in [-0.4, -0.2) is 92.9 Å². The average Bonchev–Trinajstić information content (AvgIpc) is 2.73. The van der Waals surface area contributed by atoms with Gasteiger partial charge in [0.1, 0.15) is 24.2 Å². The smallest absolute Gasteiger partial charge is 0.326 e. The highest BCUT2D eigenvalue weighted by molar-refractivity contribution is 5.95. The van der Waals surface area contributed by atoms with Crippen LogP contribution in [0.1, 0.15) is 45.4 Å².